The normalized spacial score (nSPS) is 21.8. The number of carboxylic acid groups (broad SMARTS) is 1. The van der Waals surface area contributed by atoms with Crippen LogP contribution in [0.1, 0.15) is 61.0 Å². The molecule has 31 heavy (non-hydrogen) atoms. The van der Waals surface area contributed by atoms with Crippen LogP contribution >= 0.6 is 0 Å². The summed E-state index contributed by atoms with van der Waals surface area (Å²) in [4.78, 5) is 45.3. The molecule has 2 aliphatic rings. The lowest BCUT2D eigenvalue weighted by Gasteiger charge is -2.47. The number of rotatable bonds is 6. The van der Waals surface area contributed by atoms with Crippen molar-refractivity contribution in [2.45, 2.75) is 51.1 Å². The zero-order chi connectivity index (χ0) is 22.0. The number of amides is 2. The molecule has 3 atom stereocenters. The molecule has 0 saturated heterocycles. The van der Waals surface area contributed by atoms with Gasteiger partial charge in [0.05, 0.1) is 18.0 Å². The number of nitrogens with zero attached hydrogens (tertiary/aromatic N) is 3. The Kier molecular flexibility index (Phi) is 6.02. The molecule has 1 aromatic heterocycles. The van der Waals surface area contributed by atoms with Crippen LogP contribution in [0.2, 0.25) is 0 Å². The second-order valence-electron chi connectivity index (χ2n) is 8.16. The molecule has 2 aromatic rings. The predicted molar refractivity (Wildman–Crippen MR) is 116 cm³/mol. The second-order valence-corrected chi connectivity index (χ2v) is 8.16. The van der Waals surface area contributed by atoms with Crippen LogP contribution in [-0.2, 0) is 9.59 Å². The van der Waals surface area contributed by atoms with Gasteiger partial charge in [0.15, 0.2) is 0 Å². The highest BCUT2D eigenvalue weighted by atomic mass is 16.4. The second kappa shape index (κ2) is 8.88. The number of anilines is 1. The Morgan fingerprint density at radius 3 is 2.65 bits per heavy atom. The lowest BCUT2D eigenvalue weighted by atomic mass is 9.81. The van der Waals surface area contributed by atoms with E-state index in [0.717, 1.165) is 30.5 Å². The van der Waals surface area contributed by atoms with Gasteiger partial charge in [-0.15, -0.1) is 0 Å². The summed E-state index contributed by atoms with van der Waals surface area (Å²) in [5.74, 6) is -1.08. The third-order valence-electron chi connectivity index (χ3n) is 6.46. The van der Waals surface area contributed by atoms with Crippen molar-refractivity contribution in [3.05, 3.63) is 59.9 Å². The summed E-state index contributed by atoms with van der Waals surface area (Å²) >= 11 is 0. The average molecular weight is 421 g/mol. The molecule has 162 valence electrons. The number of hydrogen-bond acceptors (Lipinski definition) is 4. The molecule has 1 fully saturated rings. The van der Waals surface area contributed by atoms with E-state index in [1.54, 1.807) is 24.5 Å². The molecule has 1 aromatic carbocycles. The van der Waals surface area contributed by atoms with Crippen molar-refractivity contribution in [3.8, 4) is 0 Å². The summed E-state index contributed by atoms with van der Waals surface area (Å²) in [5.41, 5.74) is 2.33. The number of aliphatic carboxylic acids is 1. The number of carbonyl (C=O) groups excluding carboxylic acids is 2. The molecule has 1 saturated carbocycles. The van der Waals surface area contributed by atoms with Gasteiger partial charge in [-0.3, -0.25) is 19.4 Å². The van der Waals surface area contributed by atoms with Gasteiger partial charge in [-0.1, -0.05) is 24.6 Å². The SMILES string of the molecule is CCN(C(=O)CCC(=O)O)[C@H]1c2ccccc2N(C(=O)c2cccnc2)[C@@H]2CCC[C@@H]21. The van der Waals surface area contributed by atoms with E-state index in [0.29, 0.717) is 12.1 Å². The first-order valence-corrected chi connectivity index (χ1v) is 10.9. The average Bonchev–Trinajstić information content (AvgIpc) is 3.27. The van der Waals surface area contributed by atoms with Gasteiger partial charge in [0.1, 0.15) is 0 Å². The predicted octanol–water partition coefficient (Wildman–Crippen LogP) is 3.67. The molecule has 4 rings (SSSR count). The quantitative estimate of drug-likeness (QED) is 0.769. The zero-order valence-corrected chi connectivity index (χ0v) is 17.6. The Bertz CT molecular complexity index is 978. The third-order valence-corrected chi connectivity index (χ3v) is 6.46. The molecule has 7 heteroatoms. The Morgan fingerprint density at radius 2 is 1.94 bits per heavy atom. The highest BCUT2D eigenvalue weighted by molar-refractivity contribution is 6.07. The van der Waals surface area contributed by atoms with Crippen LogP contribution in [0.5, 0.6) is 0 Å². The Balaban J connectivity index is 1.75. The van der Waals surface area contributed by atoms with Crippen molar-refractivity contribution in [1.82, 2.24) is 9.88 Å². The highest BCUT2D eigenvalue weighted by Gasteiger charge is 2.48. The first-order chi connectivity index (χ1) is 15.0. The van der Waals surface area contributed by atoms with E-state index < -0.39 is 5.97 Å². The zero-order valence-electron chi connectivity index (χ0n) is 17.6. The standard InChI is InChI=1S/C24H27N3O4/c1-2-26(21(28)12-13-22(29)30)23-17-8-3-4-10-19(17)27(20-11-5-9-18(20)23)24(31)16-7-6-14-25-15-16/h3-4,6-8,10,14-15,18,20,23H,2,5,9,11-13H2,1H3,(H,29,30)/t18-,20+,23-/m0/s1. The maximum atomic E-state index is 13.5. The fourth-order valence-corrected chi connectivity index (χ4v) is 5.20. The topological polar surface area (TPSA) is 90.8 Å². The van der Waals surface area contributed by atoms with E-state index in [9.17, 15) is 14.4 Å². The summed E-state index contributed by atoms with van der Waals surface area (Å²) in [6.45, 7) is 2.43. The van der Waals surface area contributed by atoms with Gasteiger partial charge >= 0.3 is 5.97 Å². The largest absolute Gasteiger partial charge is 0.481 e. The Morgan fingerprint density at radius 1 is 1.13 bits per heavy atom. The summed E-state index contributed by atoms with van der Waals surface area (Å²) in [6, 6.07) is 11.2. The molecular formula is C24H27N3O4. The van der Waals surface area contributed by atoms with Crippen molar-refractivity contribution in [3.63, 3.8) is 0 Å². The lowest BCUT2D eigenvalue weighted by molar-refractivity contribution is -0.142. The number of benzene rings is 1. The number of fused-ring (bicyclic) bond motifs is 2. The van der Waals surface area contributed by atoms with Crippen molar-refractivity contribution >= 4 is 23.5 Å². The van der Waals surface area contributed by atoms with Gasteiger partial charge in [-0.2, -0.15) is 0 Å². The maximum absolute atomic E-state index is 13.5. The van der Waals surface area contributed by atoms with Gasteiger partial charge < -0.3 is 14.9 Å². The van der Waals surface area contributed by atoms with E-state index in [-0.39, 0.29) is 42.7 Å². The van der Waals surface area contributed by atoms with Crippen molar-refractivity contribution in [2.75, 3.05) is 11.4 Å². The maximum Gasteiger partial charge on any atom is 0.303 e. The van der Waals surface area contributed by atoms with Gasteiger partial charge in [0.2, 0.25) is 5.91 Å². The minimum Gasteiger partial charge on any atom is -0.481 e. The third kappa shape index (κ3) is 3.92. The molecule has 0 unspecified atom stereocenters. The molecule has 2 amide bonds. The molecule has 0 bridgehead atoms. The summed E-state index contributed by atoms with van der Waals surface area (Å²) < 4.78 is 0. The van der Waals surface area contributed by atoms with Crippen LogP contribution < -0.4 is 4.90 Å². The fourth-order valence-electron chi connectivity index (χ4n) is 5.20. The van der Waals surface area contributed by atoms with Gasteiger partial charge in [-0.25, -0.2) is 0 Å². The number of para-hydroxylation sites is 1. The van der Waals surface area contributed by atoms with E-state index in [4.69, 9.17) is 5.11 Å². The lowest BCUT2D eigenvalue weighted by Crippen LogP contribution is -2.52. The summed E-state index contributed by atoms with van der Waals surface area (Å²) in [7, 11) is 0. The molecule has 7 nitrogen and oxygen atoms in total. The number of carbonyl (C=O) groups is 3. The molecule has 0 radical (unpaired) electrons. The molecule has 1 aliphatic carbocycles. The fraction of sp³-hybridized carbons (Fsp3) is 0.417. The van der Waals surface area contributed by atoms with Crippen LogP contribution in [0.3, 0.4) is 0 Å². The van der Waals surface area contributed by atoms with E-state index in [1.807, 2.05) is 41.0 Å². The number of pyridine rings is 1. The first kappa shape index (κ1) is 21.0. The number of aromatic nitrogens is 1. The molecule has 1 N–H and O–H groups in total. The number of carboxylic acids is 1. The van der Waals surface area contributed by atoms with Crippen LogP contribution in [0.4, 0.5) is 5.69 Å². The Hall–Kier alpha value is -3.22. The first-order valence-electron chi connectivity index (χ1n) is 10.9. The van der Waals surface area contributed by atoms with E-state index in [2.05, 4.69) is 4.98 Å². The van der Waals surface area contributed by atoms with Gasteiger partial charge in [0, 0.05) is 43.0 Å². The van der Waals surface area contributed by atoms with Crippen LogP contribution in [0, 0.1) is 5.92 Å². The minimum atomic E-state index is -0.972. The van der Waals surface area contributed by atoms with Crippen molar-refractivity contribution < 1.29 is 19.5 Å². The van der Waals surface area contributed by atoms with Crippen LogP contribution in [-0.4, -0.2) is 45.4 Å². The van der Waals surface area contributed by atoms with Crippen LogP contribution in [0.25, 0.3) is 0 Å². The minimum absolute atomic E-state index is 0.00562. The van der Waals surface area contributed by atoms with Crippen LogP contribution in [0.15, 0.2) is 48.8 Å². The number of hydrogen-bond donors (Lipinski definition) is 1. The van der Waals surface area contributed by atoms with Crippen molar-refractivity contribution in [2.24, 2.45) is 5.92 Å². The van der Waals surface area contributed by atoms with E-state index in [1.165, 1.54) is 0 Å². The summed E-state index contributed by atoms with van der Waals surface area (Å²) in [5, 5.41) is 9.02. The van der Waals surface area contributed by atoms with E-state index >= 15 is 0 Å². The molecule has 0 spiro atoms. The summed E-state index contributed by atoms with van der Waals surface area (Å²) in [6.07, 6.45) is 5.83. The smallest absolute Gasteiger partial charge is 0.303 e. The highest BCUT2D eigenvalue weighted by Crippen LogP contribution is 2.50. The van der Waals surface area contributed by atoms with Gasteiger partial charge in [-0.05, 0) is 43.5 Å². The molecule has 1 aliphatic heterocycles. The molecular weight excluding hydrogens is 394 g/mol. The van der Waals surface area contributed by atoms with Crippen molar-refractivity contribution in [1.29, 1.82) is 0 Å². The monoisotopic (exact) mass is 421 g/mol. The Labute approximate surface area is 181 Å². The molecule has 2 heterocycles. The van der Waals surface area contributed by atoms with Gasteiger partial charge in [0.25, 0.3) is 5.91 Å².